The molecule has 0 radical (unpaired) electrons. The van der Waals surface area contributed by atoms with Crippen LogP contribution in [-0.4, -0.2) is 18.2 Å². The molecule has 0 atom stereocenters. The number of benzene rings is 2. The van der Waals surface area contributed by atoms with E-state index in [9.17, 15) is 8.42 Å². The Morgan fingerprint density at radius 2 is 1.59 bits per heavy atom. The number of nitrogens with one attached hydrogen (secondary N) is 1. The molecular weight excluding hydrogens is 405 g/mol. The Morgan fingerprint density at radius 3 is 2.19 bits per heavy atom. The zero-order valence-corrected chi connectivity index (χ0v) is 17.5. The molecule has 0 saturated heterocycles. The average Bonchev–Trinajstić information content (AvgIpc) is 2.86. The Labute approximate surface area is 169 Å². The van der Waals surface area contributed by atoms with Crippen LogP contribution in [0.15, 0.2) is 47.4 Å². The molecule has 3 rings (SSSR count). The molecule has 0 amide bonds. The maximum absolute atomic E-state index is 12.7. The largest absolute Gasteiger partial charge is 0.276 e. The fraction of sp³-hybridized carbons (Fsp3) is 0.211. The lowest BCUT2D eigenvalue weighted by Crippen LogP contribution is -2.14. The number of nitrogens with zero attached hydrogens (tertiary/aromatic N) is 2. The Balaban J connectivity index is 1.93. The van der Waals surface area contributed by atoms with Crippen molar-refractivity contribution in [1.29, 1.82) is 0 Å². The lowest BCUT2D eigenvalue weighted by atomic mass is 10.2. The van der Waals surface area contributed by atoms with Crippen LogP contribution in [0.4, 0.5) is 5.69 Å². The molecule has 3 aromatic rings. The van der Waals surface area contributed by atoms with Gasteiger partial charge in [0.1, 0.15) is 0 Å². The molecule has 1 aromatic heterocycles. The first kappa shape index (κ1) is 19.7. The van der Waals surface area contributed by atoms with E-state index in [0.29, 0.717) is 33.7 Å². The summed E-state index contributed by atoms with van der Waals surface area (Å²) in [7, 11) is -3.71. The van der Waals surface area contributed by atoms with E-state index in [0.717, 1.165) is 11.1 Å². The maximum Gasteiger partial charge on any atom is 0.262 e. The van der Waals surface area contributed by atoms with E-state index in [4.69, 9.17) is 23.2 Å². The van der Waals surface area contributed by atoms with Gasteiger partial charge in [-0.1, -0.05) is 47.0 Å². The van der Waals surface area contributed by atoms with Crippen molar-refractivity contribution in [3.05, 3.63) is 75.0 Å². The van der Waals surface area contributed by atoms with Gasteiger partial charge in [0.05, 0.1) is 28.5 Å². The Morgan fingerprint density at radius 1 is 1.00 bits per heavy atom. The minimum atomic E-state index is -3.71. The van der Waals surface area contributed by atoms with E-state index in [2.05, 4.69) is 9.82 Å². The molecule has 0 spiro atoms. The molecule has 0 aliphatic carbocycles. The number of hydrogen-bond acceptors (Lipinski definition) is 3. The van der Waals surface area contributed by atoms with Gasteiger partial charge in [0.15, 0.2) is 0 Å². The van der Waals surface area contributed by atoms with Gasteiger partial charge in [-0.3, -0.25) is 9.40 Å². The van der Waals surface area contributed by atoms with Crippen molar-refractivity contribution in [1.82, 2.24) is 9.78 Å². The number of anilines is 1. The highest BCUT2D eigenvalue weighted by atomic mass is 35.5. The lowest BCUT2D eigenvalue weighted by Gasteiger charge is -2.11. The molecule has 5 nitrogen and oxygen atoms in total. The molecule has 2 aromatic carbocycles. The predicted molar refractivity (Wildman–Crippen MR) is 109 cm³/mol. The summed E-state index contributed by atoms with van der Waals surface area (Å²) in [5.74, 6) is 0. The van der Waals surface area contributed by atoms with E-state index in [1.165, 1.54) is 0 Å². The van der Waals surface area contributed by atoms with Crippen LogP contribution in [0.25, 0.3) is 0 Å². The first-order chi connectivity index (χ1) is 12.7. The monoisotopic (exact) mass is 423 g/mol. The Bertz CT molecular complexity index is 1070. The molecule has 0 saturated carbocycles. The molecule has 0 bridgehead atoms. The van der Waals surface area contributed by atoms with Gasteiger partial charge in [-0.2, -0.15) is 5.10 Å². The second-order valence-electron chi connectivity index (χ2n) is 6.32. The summed E-state index contributed by atoms with van der Waals surface area (Å²) in [5, 5.41) is 5.53. The number of rotatable bonds is 5. The first-order valence-electron chi connectivity index (χ1n) is 8.25. The zero-order valence-electron chi connectivity index (χ0n) is 15.1. The van der Waals surface area contributed by atoms with Crippen LogP contribution >= 0.6 is 23.2 Å². The van der Waals surface area contributed by atoms with E-state index in [1.807, 2.05) is 6.92 Å². The molecule has 1 N–H and O–H groups in total. The Hall–Kier alpha value is -2.02. The van der Waals surface area contributed by atoms with Gasteiger partial charge in [0, 0.05) is 15.6 Å². The zero-order chi connectivity index (χ0) is 19.8. The quantitative estimate of drug-likeness (QED) is 0.630. The second kappa shape index (κ2) is 7.54. The van der Waals surface area contributed by atoms with Gasteiger partial charge in [0.2, 0.25) is 0 Å². The maximum atomic E-state index is 12.7. The third kappa shape index (κ3) is 4.13. The van der Waals surface area contributed by atoms with Crippen molar-refractivity contribution in [3.63, 3.8) is 0 Å². The standard InChI is InChI=1S/C19H19Cl2N3O2S/c1-12-7-9-15(10-8-12)27(25,26)23-19-13(2)22-24(14(19)3)11-16-17(20)5-4-6-18(16)21/h4-10,23H,11H2,1-3H3. The molecule has 0 fully saturated rings. The van der Waals surface area contributed by atoms with Crippen LogP contribution in [0.1, 0.15) is 22.5 Å². The van der Waals surface area contributed by atoms with Gasteiger partial charge < -0.3 is 0 Å². The first-order valence-corrected chi connectivity index (χ1v) is 10.5. The van der Waals surface area contributed by atoms with E-state index < -0.39 is 10.0 Å². The molecule has 0 aliphatic rings. The van der Waals surface area contributed by atoms with Crippen molar-refractivity contribution in [2.24, 2.45) is 0 Å². The molecular formula is C19H19Cl2N3O2S. The summed E-state index contributed by atoms with van der Waals surface area (Å²) >= 11 is 12.5. The van der Waals surface area contributed by atoms with Crippen LogP contribution in [0, 0.1) is 20.8 Å². The van der Waals surface area contributed by atoms with Gasteiger partial charge >= 0.3 is 0 Å². The van der Waals surface area contributed by atoms with Gasteiger partial charge in [-0.05, 0) is 45.0 Å². The summed E-state index contributed by atoms with van der Waals surface area (Å²) in [4.78, 5) is 0.203. The second-order valence-corrected chi connectivity index (χ2v) is 8.82. The highest BCUT2D eigenvalue weighted by molar-refractivity contribution is 7.92. The van der Waals surface area contributed by atoms with Crippen LogP contribution in [-0.2, 0) is 16.6 Å². The summed E-state index contributed by atoms with van der Waals surface area (Å²) in [5.41, 5.74) is 3.44. The predicted octanol–water partition coefficient (Wildman–Crippen LogP) is 4.96. The van der Waals surface area contributed by atoms with E-state index in [-0.39, 0.29) is 4.90 Å². The van der Waals surface area contributed by atoms with Crippen molar-refractivity contribution in [2.75, 3.05) is 4.72 Å². The normalized spacial score (nSPS) is 11.6. The van der Waals surface area contributed by atoms with Gasteiger partial charge in [-0.25, -0.2) is 8.42 Å². The SMILES string of the molecule is Cc1ccc(S(=O)(=O)Nc2c(C)nn(Cc3c(Cl)cccc3Cl)c2C)cc1. The number of hydrogen-bond donors (Lipinski definition) is 1. The molecule has 8 heteroatoms. The molecule has 0 unspecified atom stereocenters. The average molecular weight is 424 g/mol. The topological polar surface area (TPSA) is 64.0 Å². The van der Waals surface area contributed by atoms with Crippen LogP contribution in [0.5, 0.6) is 0 Å². The van der Waals surface area contributed by atoms with Crippen LogP contribution in [0.2, 0.25) is 10.0 Å². The van der Waals surface area contributed by atoms with E-state index in [1.54, 1.807) is 61.0 Å². The number of aryl methyl sites for hydroxylation is 2. The van der Waals surface area contributed by atoms with Crippen molar-refractivity contribution >= 4 is 38.9 Å². The van der Waals surface area contributed by atoms with Crippen molar-refractivity contribution in [2.45, 2.75) is 32.2 Å². The summed E-state index contributed by atoms with van der Waals surface area (Å²) in [6.45, 7) is 5.81. The van der Waals surface area contributed by atoms with Crippen molar-refractivity contribution < 1.29 is 8.42 Å². The van der Waals surface area contributed by atoms with Gasteiger partial charge in [-0.15, -0.1) is 0 Å². The molecule has 0 aliphatic heterocycles. The third-order valence-corrected chi connectivity index (χ3v) is 6.39. The minimum Gasteiger partial charge on any atom is -0.276 e. The fourth-order valence-electron chi connectivity index (χ4n) is 2.74. The highest BCUT2D eigenvalue weighted by Crippen LogP contribution is 2.28. The Kier molecular flexibility index (Phi) is 5.51. The summed E-state index contributed by atoms with van der Waals surface area (Å²) < 4.78 is 29.7. The molecule has 142 valence electrons. The lowest BCUT2D eigenvalue weighted by molar-refractivity contribution is 0.601. The van der Waals surface area contributed by atoms with Crippen molar-refractivity contribution in [3.8, 4) is 0 Å². The highest BCUT2D eigenvalue weighted by Gasteiger charge is 2.20. The van der Waals surface area contributed by atoms with Crippen LogP contribution in [0.3, 0.4) is 0 Å². The summed E-state index contributed by atoms with van der Waals surface area (Å²) in [6, 6.07) is 12.0. The fourth-order valence-corrected chi connectivity index (χ4v) is 4.44. The molecule has 1 heterocycles. The van der Waals surface area contributed by atoms with E-state index >= 15 is 0 Å². The number of sulfonamides is 1. The van der Waals surface area contributed by atoms with Gasteiger partial charge in [0.25, 0.3) is 10.0 Å². The summed E-state index contributed by atoms with van der Waals surface area (Å²) in [6.07, 6.45) is 0. The number of halogens is 2. The number of aromatic nitrogens is 2. The van der Waals surface area contributed by atoms with Crippen LogP contribution < -0.4 is 4.72 Å². The third-order valence-electron chi connectivity index (χ3n) is 4.32. The smallest absolute Gasteiger partial charge is 0.262 e. The molecule has 27 heavy (non-hydrogen) atoms. The minimum absolute atomic E-state index is 0.203.